The number of carbonyl (C=O) groups is 1. The number of hydrogen-bond acceptors (Lipinski definition) is 7. The number of hydrogen-bond donors (Lipinski definition) is 0. The van der Waals surface area contributed by atoms with Gasteiger partial charge in [-0.2, -0.15) is 0 Å². The van der Waals surface area contributed by atoms with Crippen LogP contribution in [0.2, 0.25) is 0 Å². The molecule has 0 N–H and O–H groups in total. The molecule has 2 aromatic heterocycles. The largest absolute Gasteiger partial charge is 0.353 e. The van der Waals surface area contributed by atoms with Crippen LogP contribution in [0.5, 0.6) is 0 Å². The Labute approximate surface area is 179 Å². The van der Waals surface area contributed by atoms with Crippen molar-refractivity contribution in [2.24, 2.45) is 0 Å². The summed E-state index contributed by atoms with van der Waals surface area (Å²) in [7, 11) is 1.65. The molecular formula is C20H23N5O2S2. The molecule has 1 amide bonds. The molecule has 0 aromatic carbocycles. The number of carbonyl (C=O) groups excluding carboxylic acids is 1. The van der Waals surface area contributed by atoms with Crippen LogP contribution in [-0.2, 0) is 4.79 Å². The van der Waals surface area contributed by atoms with Gasteiger partial charge in [-0.3, -0.25) is 18.9 Å². The highest BCUT2D eigenvalue weighted by molar-refractivity contribution is 8.26. The molecule has 0 atom stereocenters. The Hall–Kier alpha value is -2.23. The quantitative estimate of drug-likeness (QED) is 0.546. The fourth-order valence-electron chi connectivity index (χ4n) is 3.57. The summed E-state index contributed by atoms with van der Waals surface area (Å²) in [5.41, 5.74) is 1.84. The lowest BCUT2D eigenvalue weighted by atomic mass is 10.2. The second kappa shape index (κ2) is 7.89. The molecule has 2 saturated heterocycles. The highest BCUT2D eigenvalue weighted by Crippen LogP contribution is 2.32. The number of rotatable bonds is 3. The molecule has 2 aromatic rings. The van der Waals surface area contributed by atoms with Crippen LogP contribution in [0.1, 0.15) is 18.1 Å². The van der Waals surface area contributed by atoms with Crippen LogP contribution in [0.15, 0.2) is 28.0 Å². The lowest BCUT2D eigenvalue weighted by molar-refractivity contribution is -0.121. The third-order valence-corrected chi connectivity index (χ3v) is 6.85. The number of thiocarbonyl (C=S) groups is 1. The Morgan fingerprint density at radius 3 is 2.55 bits per heavy atom. The van der Waals surface area contributed by atoms with Crippen molar-refractivity contribution in [1.29, 1.82) is 0 Å². The number of aromatic nitrogens is 2. The molecule has 29 heavy (non-hydrogen) atoms. The Bertz CT molecular complexity index is 1090. The summed E-state index contributed by atoms with van der Waals surface area (Å²) in [6, 6.07) is 3.81. The van der Waals surface area contributed by atoms with Gasteiger partial charge >= 0.3 is 0 Å². The van der Waals surface area contributed by atoms with Gasteiger partial charge in [-0.15, -0.1) is 0 Å². The van der Waals surface area contributed by atoms with E-state index in [1.807, 2.05) is 19.1 Å². The molecule has 7 nitrogen and oxygen atoms in total. The van der Waals surface area contributed by atoms with Gasteiger partial charge in [0.1, 0.15) is 15.8 Å². The maximum absolute atomic E-state index is 13.4. The Balaban J connectivity index is 1.86. The van der Waals surface area contributed by atoms with Crippen molar-refractivity contribution in [1.82, 2.24) is 19.2 Å². The van der Waals surface area contributed by atoms with Gasteiger partial charge in [-0.1, -0.05) is 37.0 Å². The van der Waals surface area contributed by atoms with Crippen molar-refractivity contribution in [3.63, 3.8) is 0 Å². The van der Waals surface area contributed by atoms with E-state index in [1.165, 1.54) is 16.7 Å². The van der Waals surface area contributed by atoms with E-state index in [-0.39, 0.29) is 11.5 Å². The molecule has 2 aliphatic heterocycles. The average molecular weight is 430 g/mol. The number of anilines is 1. The zero-order valence-electron chi connectivity index (χ0n) is 16.7. The third kappa shape index (κ3) is 3.70. The van der Waals surface area contributed by atoms with E-state index in [1.54, 1.807) is 23.7 Å². The summed E-state index contributed by atoms with van der Waals surface area (Å²) in [6.07, 6.45) is 3.44. The van der Waals surface area contributed by atoms with Crippen molar-refractivity contribution in [3.8, 4) is 0 Å². The van der Waals surface area contributed by atoms with Crippen LogP contribution in [0, 0.1) is 6.92 Å². The van der Waals surface area contributed by atoms with E-state index in [9.17, 15) is 9.59 Å². The van der Waals surface area contributed by atoms with Crippen molar-refractivity contribution in [2.45, 2.75) is 13.8 Å². The maximum atomic E-state index is 13.4. The van der Waals surface area contributed by atoms with E-state index in [2.05, 4.69) is 16.7 Å². The van der Waals surface area contributed by atoms with Crippen LogP contribution >= 0.6 is 24.0 Å². The maximum Gasteiger partial charge on any atom is 0.267 e. The first-order valence-electron chi connectivity index (χ1n) is 9.61. The number of fused-ring (bicyclic) bond motifs is 1. The molecule has 0 aliphatic carbocycles. The number of amides is 1. The monoisotopic (exact) mass is 429 g/mol. The summed E-state index contributed by atoms with van der Waals surface area (Å²) in [4.78, 5) is 37.1. The van der Waals surface area contributed by atoms with Gasteiger partial charge in [0.15, 0.2) is 0 Å². The molecule has 0 bridgehead atoms. The standard InChI is InChI=1S/C20H23N5O2S2/c1-4-23-7-9-24(10-8-23)17-14(11-15-19(27)22(3)20(28)29-15)18(26)25-12-13(2)5-6-16(25)21-17/h5-6,11-12H,4,7-10H2,1-3H3/b15-11-. The van der Waals surface area contributed by atoms with E-state index in [0.29, 0.717) is 26.3 Å². The molecule has 9 heteroatoms. The molecule has 0 spiro atoms. The summed E-state index contributed by atoms with van der Waals surface area (Å²) < 4.78 is 2.05. The number of thioether (sulfide) groups is 1. The number of likely N-dealkylation sites (N-methyl/N-ethyl adjacent to an activating group) is 2. The van der Waals surface area contributed by atoms with Gasteiger partial charge in [0.2, 0.25) is 0 Å². The second-order valence-electron chi connectivity index (χ2n) is 7.25. The third-order valence-electron chi connectivity index (χ3n) is 5.37. The first-order valence-corrected chi connectivity index (χ1v) is 10.8. The molecule has 0 unspecified atom stereocenters. The van der Waals surface area contributed by atoms with Crippen LogP contribution in [-0.4, -0.2) is 69.2 Å². The van der Waals surface area contributed by atoms with E-state index < -0.39 is 0 Å². The van der Waals surface area contributed by atoms with Crippen LogP contribution in [0.25, 0.3) is 11.7 Å². The Morgan fingerprint density at radius 1 is 1.21 bits per heavy atom. The number of pyridine rings is 1. The molecule has 0 saturated carbocycles. The fraction of sp³-hybridized carbons (Fsp3) is 0.400. The normalized spacial score (nSPS) is 19.8. The summed E-state index contributed by atoms with van der Waals surface area (Å²) in [5.74, 6) is 0.450. The van der Waals surface area contributed by atoms with Crippen molar-refractivity contribution < 1.29 is 4.79 Å². The topological polar surface area (TPSA) is 61.2 Å². The van der Waals surface area contributed by atoms with E-state index in [4.69, 9.17) is 17.2 Å². The zero-order valence-corrected chi connectivity index (χ0v) is 18.3. The lowest BCUT2D eigenvalue weighted by Gasteiger charge is -2.35. The molecule has 4 heterocycles. The van der Waals surface area contributed by atoms with Gasteiger partial charge in [-0.05, 0) is 31.2 Å². The fourth-order valence-corrected chi connectivity index (χ4v) is 4.73. The minimum Gasteiger partial charge on any atom is -0.353 e. The van der Waals surface area contributed by atoms with Gasteiger partial charge in [0, 0.05) is 39.4 Å². The lowest BCUT2D eigenvalue weighted by Crippen LogP contribution is -2.47. The van der Waals surface area contributed by atoms with Crippen molar-refractivity contribution in [3.05, 3.63) is 44.7 Å². The number of aryl methyl sites for hydroxylation is 1. The Kier molecular flexibility index (Phi) is 5.46. The number of piperazine rings is 1. The Morgan fingerprint density at radius 2 is 1.93 bits per heavy atom. The van der Waals surface area contributed by atoms with Crippen LogP contribution in [0.3, 0.4) is 0 Å². The molecule has 0 radical (unpaired) electrons. The zero-order chi connectivity index (χ0) is 20.7. The molecule has 152 valence electrons. The second-order valence-corrected chi connectivity index (χ2v) is 8.93. The van der Waals surface area contributed by atoms with Crippen LogP contribution in [0.4, 0.5) is 5.82 Å². The molecule has 2 fully saturated rings. The van der Waals surface area contributed by atoms with Gasteiger partial charge in [-0.25, -0.2) is 4.98 Å². The minimum atomic E-state index is -0.185. The predicted molar refractivity (Wildman–Crippen MR) is 121 cm³/mol. The smallest absolute Gasteiger partial charge is 0.267 e. The highest BCUT2D eigenvalue weighted by Gasteiger charge is 2.30. The molecule has 4 rings (SSSR count). The first kappa shape index (κ1) is 20.1. The van der Waals surface area contributed by atoms with E-state index in [0.717, 1.165) is 38.3 Å². The highest BCUT2D eigenvalue weighted by atomic mass is 32.2. The molecule has 2 aliphatic rings. The van der Waals surface area contributed by atoms with Gasteiger partial charge < -0.3 is 9.80 Å². The SMILES string of the molecule is CCN1CCN(c2nc3ccc(C)cn3c(=O)c2/C=C2\SC(=S)N(C)C2=O)CC1. The summed E-state index contributed by atoms with van der Waals surface area (Å²) in [5, 5.41) is 0. The summed E-state index contributed by atoms with van der Waals surface area (Å²) >= 11 is 6.46. The van der Waals surface area contributed by atoms with Crippen molar-refractivity contribution >= 4 is 51.7 Å². The van der Waals surface area contributed by atoms with E-state index >= 15 is 0 Å². The first-order chi connectivity index (χ1) is 13.9. The van der Waals surface area contributed by atoms with Gasteiger partial charge in [0.25, 0.3) is 11.5 Å². The summed E-state index contributed by atoms with van der Waals surface area (Å²) in [6.45, 7) is 8.51. The average Bonchev–Trinajstić information content (AvgIpc) is 2.97. The van der Waals surface area contributed by atoms with Crippen molar-refractivity contribution in [2.75, 3.05) is 44.7 Å². The number of nitrogens with zero attached hydrogens (tertiary/aromatic N) is 5. The van der Waals surface area contributed by atoms with Gasteiger partial charge in [0.05, 0.1) is 10.5 Å². The minimum absolute atomic E-state index is 0.173. The molecular weight excluding hydrogens is 406 g/mol. The van der Waals surface area contributed by atoms with Crippen LogP contribution < -0.4 is 10.5 Å². The predicted octanol–water partition coefficient (Wildman–Crippen LogP) is 1.98.